The highest BCUT2D eigenvalue weighted by atomic mass is 16.5. The third-order valence-corrected chi connectivity index (χ3v) is 3.54. The summed E-state index contributed by atoms with van der Waals surface area (Å²) in [7, 11) is 0. The predicted molar refractivity (Wildman–Crippen MR) is 96.4 cm³/mol. The molecule has 24 heavy (non-hydrogen) atoms. The Morgan fingerprint density at radius 1 is 1.21 bits per heavy atom. The topological polar surface area (TPSA) is 75.8 Å². The van der Waals surface area contributed by atoms with Gasteiger partial charge in [0.1, 0.15) is 5.82 Å². The molecule has 0 aliphatic heterocycles. The van der Waals surface area contributed by atoms with Crippen molar-refractivity contribution in [1.82, 2.24) is 25.2 Å². The quantitative estimate of drug-likeness (QED) is 0.393. The molecule has 2 heterocycles. The molecule has 7 nitrogen and oxygen atoms in total. The third-order valence-electron chi connectivity index (χ3n) is 3.54. The van der Waals surface area contributed by atoms with Gasteiger partial charge in [0.15, 0.2) is 11.6 Å². The van der Waals surface area contributed by atoms with Crippen molar-refractivity contribution in [2.24, 2.45) is 4.99 Å². The van der Waals surface area contributed by atoms with Crippen LogP contribution in [-0.4, -0.2) is 53.4 Å². The third kappa shape index (κ3) is 5.81. The molecule has 0 amide bonds. The van der Waals surface area contributed by atoms with Crippen LogP contribution >= 0.6 is 0 Å². The number of hydrogen-bond acceptors (Lipinski definition) is 4. The van der Waals surface area contributed by atoms with Crippen molar-refractivity contribution < 1.29 is 4.74 Å². The van der Waals surface area contributed by atoms with Crippen LogP contribution in [-0.2, 0) is 11.2 Å². The van der Waals surface area contributed by atoms with Crippen LogP contribution in [0, 0.1) is 0 Å². The molecule has 0 atom stereocenters. The van der Waals surface area contributed by atoms with Crippen molar-refractivity contribution in [2.75, 3.05) is 32.8 Å². The summed E-state index contributed by atoms with van der Waals surface area (Å²) >= 11 is 0. The zero-order chi connectivity index (χ0) is 17.0. The normalized spacial score (nSPS) is 11.8. The summed E-state index contributed by atoms with van der Waals surface area (Å²) in [4.78, 5) is 4.59. The largest absolute Gasteiger partial charge is 0.382 e. The lowest BCUT2D eigenvalue weighted by atomic mass is 10.3. The van der Waals surface area contributed by atoms with Crippen molar-refractivity contribution in [3.05, 3.63) is 30.2 Å². The van der Waals surface area contributed by atoms with E-state index in [9.17, 15) is 0 Å². The Labute approximate surface area is 143 Å². The van der Waals surface area contributed by atoms with E-state index in [0.29, 0.717) is 0 Å². The van der Waals surface area contributed by atoms with Gasteiger partial charge in [-0.1, -0.05) is 6.07 Å². The van der Waals surface area contributed by atoms with Gasteiger partial charge < -0.3 is 15.4 Å². The highest BCUT2D eigenvalue weighted by Crippen LogP contribution is 2.02. The van der Waals surface area contributed by atoms with Crippen LogP contribution in [0.2, 0.25) is 0 Å². The maximum absolute atomic E-state index is 5.33. The molecule has 0 saturated carbocycles. The molecule has 2 aromatic heterocycles. The minimum Gasteiger partial charge on any atom is -0.382 e. The van der Waals surface area contributed by atoms with Gasteiger partial charge in [0.2, 0.25) is 0 Å². The summed E-state index contributed by atoms with van der Waals surface area (Å²) in [6.45, 7) is 8.10. The lowest BCUT2D eigenvalue weighted by molar-refractivity contribution is 0.144. The number of fused-ring (bicyclic) bond motifs is 1. The Balaban J connectivity index is 1.76. The van der Waals surface area contributed by atoms with E-state index < -0.39 is 0 Å². The Bertz CT molecular complexity index is 624. The molecule has 132 valence electrons. The Morgan fingerprint density at radius 3 is 2.96 bits per heavy atom. The van der Waals surface area contributed by atoms with Crippen LogP contribution < -0.4 is 10.6 Å². The Kier molecular flexibility index (Phi) is 8.03. The van der Waals surface area contributed by atoms with E-state index in [-0.39, 0.29) is 0 Å². The summed E-state index contributed by atoms with van der Waals surface area (Å²) in [5.41, 5.74) is 0.877. The first kappa shape index (κ1) is 18.2. The summed E-state index contributed by atoms with van der Waals surface area (Å²) < 4.78 is 7.35. The minimum atomic E-state index is 0.764. The van der Waals surface area contributed by atoms with Gasteiger partial charge in [0, 0.05) is 45.5 Å². The fourth-order valence-corrected chi connectivity index (χ4v) is 2.35. The molecule has 0 radical (unpaired) electrons. The summed E-state index contributed by atoms with van der Waals surface area (Å²) in [5, 5.41) is 15.0. The molecule has 0 unspecified atom stereocenters. The van der Waals surface area contributed by atoms with Gasteiger partial charge in [-0.05, 0) is 38.8 Å². The van der Waals surface area contributed by atoms with Crippen molar-refractivity contribution in [3.8, 4) is 0 Å². The van der Waals surface area contributed by atoms with E-state index >= 15 is 0 Å². The van der Waals surface area contributed by atoms with Gasteiger partial charge in [0.25, 0.3) is 0 Å². The molecule has 7 heteroatoms. The molecule has 0 fully saturated rings. The summed E-state index contributed by atoms with van der Waals surface area (Å²) in [5.74, 6) is 1.80. The second kappa shape index (κ2) is 10.6. The average Bonchev–Trinajstić information content (AvgIpc) is 3.01. The number of unbranched alkanes of at least 4 members (excludes halogenated alkanes) is 1. The maximum atomic E-state index is 5.33. The number of hydrogen-bond donors (Lipinski definition) is 2. The van der Waals surface area contributed by atoms with Crippen molar-refractivity contribution in [1.29, 1.82) is 0 Å². The number of rotatable bonds is 10. The fourth-order valence-electron chi connectivity index (χ4n) is 2.35. The zero-order valence-corrected chi connectivity index (χ0v) is 14.7. The van der Waals surface area contributed by atoms with Crippen molar-refractivity contribution in [3.63, 3.8) is 0 Å². The van der Waals surface area contributed by atoms with E-state index in [1.165, 1.54) is 0 Å². The van der Waals surface area contributed by atoms with Crippen molar-refractivity contribution >= 4 is 11.6 Å². The minimum absolute atomic E-state index is 0.764. The number of nitrogens with one attached hydrogen (secondary N) is 2. The number of pyridine rings is 1. The molecule has 0 spiro atoms. The maximum Gasteiger partial charge on any atom is 0.191 e. The summed E-state index contributed by atoms with van der Waals surface area (Å²) in [6, 6.07) is 5.91. The standard InChI is InChI=1S/C17H28N6O/c1-3-18-17(19-11-6-8-14-24-4-2)20-12-10-16-22-21-15-9-5-7-13-23(15)16/h5,7,9,13H,3-4,6,8,10-12,14H2,1-2H3,(H2,18,19,20). The van der Waals surface area contributed by atoms with Crippen LogP contribution in [0.1, 0.15) is 32.5 Å². The first-order chi connectivity index (χ1) is 11.8. The first-order valence-electron chi connectivity index (χ1n) is 8.73. The van der Waals surface area contributed by atoms with Crippen molar-refractivity contribution in [2.45, 2.75) is 33.1 Å². The van der Waals surface area contributed by atoms with E-state index in [1.807, 2.05) is 35.7 Å². The van der Waals surface area contributed by atoms with Crippen LogP contribution in [0.5, 0.6) is 0 Å². The van der Waals surface area contributed by atoms with Crippen LogP contribution in [0.4, 0.5) is 0 Å². The molecular formula is C17H28N6O. The first-order valence-corrected chi connectivity index (χ1v) is 8.73. The van der Waals surface area contributed by atoms with E-state index in [4.69, 9.17) is 4.74 Å². The average molecular weight is 332 g/mol. The van der Waals surface area contributed by atoms with Gasteiger partial charge in [-0.3, -0.25) is 9.39 Å². The van der Waals surface area contributed by atoms with Gasteiger partial charge >= 0.3 is 0 Å². The molecule has 0 bridgehead atoms. The number of ether oxygens (including phenoxy) is 1. The fraction of sp³-hybridized carbons (Fsp3) is 0.588. The summed E-state index contributed by atoms with van der Waals surface area (Å²) in [6.07, 6.45) is 4.86. The second-order valence-electron chi connectivity index (χ2n) is 5.39. The predicted octanol–water partition coefficient (Wildman–Crippen LogP) is 1.64. The molecule has 2 rings (SSSR count). The smallest absolute Gasteiger partial charge is 0.191 e. The molecule has 0 aliphatic carbocycles. The SMILES string of the molecule is CCNC(=NCCCCOCC)NCCc1nnc2ccccn12. The number of aliphatic imine (C=N–C) groups is 1. The molecule has 2 N–H and O–H groups in total. The molecule has 2 aromatic rings. The lowest BCUT2D eigenvalue weighted by Crippen LogP contribution is -2.38. The van der Waals surface area contributed by atoms with Crippen LogP contribution in [0.3, 0.4) is 0 Å². The Morgan fingerprint density at radius 2 is 2.12 bits per heavy atom. The lowest BCUT2D eigenvalue weighted by Gasteiger charge is -2.10. The van der Waals surface area contributed by atoms with E-state index in [2.05, 4.69) is 32.7 Å². The zero-order valence-electron chi connectivity index (χ0n) is 14.7. The van der Waals surface area contributed by atoms with Gasteiger partial charge in [-0.15, -0.1) is 10.2 Å². The second-order valence-corrected chi connectivity index (χ2v) is 5.39. The van der Waals surface area contributed by atoms with Gasteiger partial charge in [-0.2, -0.15) is 0 Å². The molecule has 0 aliphatic rings. The highest BCUT2D eigenvalue weighted by molar-refractivity contribution is 5.79. The Hall–Kier alpha value is -2.15. The van der Waals surface area contributed by atoms with Crippen LogP contribution in [0.25, 0.3) is 5.65 Å². The van der Waals surface area contributed by atoms with Gasteiger partial charge in [-0.25, -0.2) is 0 Å². The number of aromatic nitrogens is 3. The number of nitrogens with zero attached hydrogens (tertiary/aromatic N) is 4. The van der Waals surface area contributed by atoms with E-state index in [1.54, 1.807) is 0 Å². The van der Waals surface area contributed by atoms with Gasteiger partial charge in [0.05, 0.1) is 0 Å². The number of guanidine groups is 1. The van der Waals surface area contributed by atoms with E-state index in [0.717, 1.165) is 69.5 Å². The molecular weight excluding hydrogens is 304 g/mol. The monoisotopic (exact) mass is 332 g/mol. The van der Waals surface area contributed by atoms with Crippen LogP contribution in [0.15, 0.2) is 29.4 Å². The molecule has 0 aromatic carbocycles. The molecule has 0 saturated heterocycles. The highest BCUT2D eigenvalue weighted by Gasteiger charge is 2.04.